The molecule has 3 aromatic rings. The molecule has 0 unspecified atom stereocenters. The monoisotopic (exact) mass is 566 g/mol. The summed E-state index contributed by atoms with van der Waals surface area (Å²) in [6.07, 6.45) is 8.51. The smallest absolute Gasteiger partial charge is 0.410 e. The van der Waals surface area contributed by atoms with Gasteiger partial charge in [-0.3, -0.25) is 14.7 Å². The molecule has 2 atom stereocenters. The van der Waals surface area contributed by atoms with E-state index in [0.717, 1.165) is 32.1 Å². The van der Waals surface area contributed by atoms with E-state index in [1.807, 2.05) is 20.8 Å². The van der Waals surface area contributed by atoms with Gasteiger partial charge in [0.2, 0.25) is 5.91 Å². The first-order chi connectivity index (χ1) is 18.9. The number of ether oxygens (including phenoxy) is 1. The van der Waals surface area contributed by atoms with Crippen LogP contribution >= 0.6 is 0 Å². The van der Waals surface area contributed by atoms with Crippen LogP contribution in [0.3, 0.4) is 0 Å². The van der Waals surface area contributed by atoms with E-state index < -0.39 is 33.8 Å². The third-order valence-corrected chi connectivity index (χ3v) is 9.78. The van der Waals surface area contributed by atoms with Crippen LogP contribution in [0.1, 0.15) is 78.0 Å². The van der Waals surface area contributed by atoms with Gasteiger partial charge in [0.15, 0.2) is 0 Å². The lowest BCUT2D eigenvalue weighted by Crippen LogP contribution is -2.48. The van der Waals surface area contributed by atoms with Crippen LogP contribution in [-0.2, 0) is 19.6 Å². The Morgan fingerprint density at radius 1 is 1.10 bits per heavy atom. The van der Waals surface area contributed by atoms with Gasteiger partial charge >= 0.3 is 6.09 Å². The highest BCUT2D eigenvalue weighted by Gasteiger charge is 2.50. The van der Waals surface area contributed by atoms with Gasteiger partial charge < -0.3 is 10.1 Å². The van der Waals surface area contributed by atoms with Crippen LogP contribution < -0.4 is 5.32 Å². The van der Waals surface area contributed by atoms with E-state index in [-0.39, 0.29) is 16.2 Å². The Hall–Kier alpha value is -3.40. The third-order valence-electron chi connectivity index (χ3n) is 8.02. The molecular formula is C30H38N4O5S. The normalized spacial score (nSPS) is 20.0. The zero-order valence-electron chi connectivity index (χ0n) is 23.6. The number of likely N-dealkylation sites (tertiary alicyclic amines) is 1. The van der Waals surface area contributed by atoms with Crippen LogP contribution in [0.4, 0.5) is 4.79 Å². The molecule has 0 radical (unpaired) electrons. The molecule has 1 N–H and O–H groups in total. The molecule has 1 saturated carbocycles. The molecule has 1 spiro atoms. The minimum Gasteiger partial charge on any atom is -0.444 e. The number of carbonyl (C=O) groups excluding carboxylic acids is 2. The second-order valence-corrected chi connectivity index (χ2v) is 14.0. The van der Waals surface area contributed by atoms with Crippen molar-refractivity contribution >= 4 is 32.9 Å². The highest BCUT2D eigenvalue weighted by molar-refractivity contribution is 7.90. The van der Waals surface area contributed by atoms with Crippen molar-refractivity contribution < 1.29 is 22.7 Å². The van der Waals surface area contributed by atoms with Gasteiger partial charge in [0.05, 0.1) is 22.1 Å². The van der Waals surface area contributed by atoms with Crippen molar-refractivity contribution in [3.8, 4) is 0 Å². The Bertz CT molecular complexity index is 1500. The average Bonchev–Trinajstić information content (AvgIpc) is 3.49. The van der Waals surface area contributed by atoms with E-state index in [0.29, 0.717) is 29.6 Å². The van der Waals surface area contributed by atoms with E-state index in [1.165, 1.54) is 3.97 Å². The minimum atomic E-state index is -3.97. The molecule has 1 saturated heterocycles. The topological polar surface area (TPSA) is 111 Å². The zero-order chi connectivity index (χ0) is 28.7. The number of fused-ring (bicyclic) bond motifs is 1. The van der Waals surface area contributed by atoms with E-state index in [1.54, 1.807) is 66.7 Å². The maximum absolute atomic E-state index is 13.9. The summed E-state index contributed by atoms with van der Waals surface area (Å²) >= 11 is 0. The third kappa shape index (κ3) is 5.46. The summed E-state index contributed by atoms with van der Waals surface area (Å²) in [5.74, 6) is -0.312. The van der Waals surface area contributed by atoms with Gasteiger partial charge in [-0.1, -0.05) is 37.5 Å². The van der Waals surface area contributed by atoms with Crippen molar-refractivity contribution in [3.05, 3.63) is 60.6 Å². The quantitative estimate of drug-likeness (QED) is 0.442. The number of nitrogens with one attached hydrogen (secondary N) is 1. The van der Waals surface area contributed by atoms with Crippen molar-refractivity contribution in [1.29, 1.82) is 0 Å². The molecule has 2 aromatic heterocycles. The molecule has 2 amide bonds. The van der Waals surface area contributed by atoms with Crippen LogP contribution in [0.5, 0.6) is 0 Å². The van der Waals surface area contributed by atoms with Gasteiger partial charge in [-0.2, -0.15) is 0 Å². The van der Waals surface area contributed by atoms with Crippen molar-refractivity contribution in [2.24, 2.45) is 5.41 Å². The fourth-order valence-electron chi connectivity index (χ4n) is 6.17. The van der Waals surface area contributed by atoms with Crippen LogP contribution in [0.15, 0.2) is 59.8 Å². The van der Waals surface area contributed by atoms with Gasteiger partial charge in [0.25, 0.3) is 10.0 Å². The molecule has 3 heterocycles. The molecule has 9 nitrogen and oxygen atoms in total. The molecule has 1 aromatic carbocycles. The van der Waals surface area contributed by atoms with Gasteiger partial charge in [-0.15, -0.1) is 0 Å². The molecule has 0 bridgehead atoms. The lowest BCUT2D eigenvalue weighted by Gasteiger charge is -2.33. The number of nitrogens with zero attached hydrogens (tertiary/aromatic N) is 3. The fourth-order valence-corrected chi connectivity index (χ4v) is 7.80. The summed E-state index contributed by atoms with van der Waals surface area (Å²) < 4.78 is 34.6. The van der Waals surface area contributed by atoms with E-state index >= 15 is 0 Å². The molecule has 2 aliphatic rings. The van der Waals surface area contributed by atoms with Crippen LogP contribution in [0.2, 0.25) is 0 Å². The van der Waals surface area contributed by atoms with Crippen molar-refractivity contribution in [1.82, 2.24) is 19.2 Å². The Balaban J connectivity index is 1.47. The summed E-state index contributed by atoms with van der Waals surface area (Å²) in [6, 6.07) is 10.3. The number of aromatic nitrogens is 2. The molecule has 2 fully saturated rings. The first kappa shape index (κ1) is 28.1. The van der Waals surface area contributed by atoms with Crippen molar-refractivity contribution in [2.75, 3.05) is 6.54 Å². The lowest BCUT2D eigenvalue weighted by molar-refractivity contribution is -0.126. The fraction of sp³-hybridized carbons (Fsp3) is 0.500. The summed E-state index contributed by atoms with van der Waals surface area (Å²) in [7, 11) is -3.97. The molecule has 5 rings (SSSR count). The summed E-state index contributed by atoms with van der Waals surface area (Å²) in [4.78, 5) is 33.0. The van der Waals surface area contributed by atoms with Gasteiger partial charge in [0.1, 0.15) is 11.6 Å². The number of carbonyl (C=O) groups is 2. The van der Waals surface area contributed by atoms with Crippen molar-refractivity contribution in [2.45, 2.75) is 88.8 Å². The number of amides is 2. The molecule has 1 aliphatic heterocycles. The predicted molar refractivity (Wildman–Crippen MR) is 152 cm³/mol. The number of rotatable bonds is 5. The van der Waals surface area contributed by atoms with E-state index in [4.69, 9.17) is 4.74 Å². The largest absolute Gasteiger partial charge is 0.444 e. The Kier molecular flexibility index (Phi) is 7.41. The van der Waals surface area contributed by atoms with Crippen LogP contribution in [0.25, 0.3) is 10.9 Å². The zero-order valence-corrected chi connectivity index (χ0v) is 24.4. The standard InChI is InChI=1S/C30H38N4O5S/c1-21(25-17-22-19-31-16-13-24(22)34(25)40(37,38)23-11-7-5-8-12-23)32-27(35)26-18-30(14-9-6-10-15-30)20-33(26)28(36)39-29(2,3)4/h5,7-8,11-13,16-17,19,21,26H,6,9-10,14-15,18,20H2,1-4H3,(H,32,35)/t21-,26+/m1/s1. The predicted octanol–water partition coefficient (Wildman–Crippen LogP) is 5.41. The van der Waals surface area contributed by atoms with Crippen molar-refractivity contribution in [3.63, 3.8) is 0 Å². The van der Waals surface area contributed by atoms with Gasteiger partial charge in [-0.05, 0) is 76.6 Å². The first-order valence-electron chi connectivity index (χ1n) is 14.0. The molecule has 1 aliphatic carbocycles. The maximum Gasteiger partial charge on any atom is 0.410 e. The summed E-state index contributed by atoms with van der Waals surface area (Å²) in [5, 5.41) is 3.69. The number of hydrogen-bond donors (Lipinski definition) is 1. The lowest BCUT2D eigenvalue weighted by atomic mass is 9.72. The molecule has 10 heteroatoms. The Morgan fingerprint density at radius 2 is 1.80 bits per heavy atom. The average molecular weight is 567 g/mol. The summed E-state index contributed by atoms with van der Waals surface area (Å²) in [5.41, 5.74) is 0.105. The first-order valence-corrected chi connectivity index (χ1v) is 15.4. The highest BCUT2D eigenvalue weighted by Crippen LogP contribution is 2.46. The second-order valence-electron chi connectivity index (χ2n) is 12.2. The van der Waals surface area contributed by atoms with E-state index in [2.05, 4.69) is 10.3 Å². The maximum atomic E-state index is 13.9. The molecule has 40 heavy (non-hydrogen) atoms. The van der Waals surface area contributed by atoms with Gasteiger partial charge in [0, 0.05) is 24.3 Å². The molecular weight excluding hydrogens is 528 g/mol. The van der Waals surface area contributed by atoms with Crippen LogP contribution in [0, 0.1) is 5.41 Å². The van der Waals surface area contributed by atoms with Crippen LogP contribution in [-0.4, -0.2) is 52.5 Å². The SMILES string of the molecule is C[C@@H](NC(=O)[C@@H]1CC2(CCCCC2)CN1C(=O)OC(C)(C)C)c1cc2cnccc2n1S(=O)(=O)c1ccccc1. The number of pyridine rings is 1. The van der Waals surface area contributed by atoms with Gasteiger partial charge in [-0.25, -0.2) is 17.2 Å². The number of hydrogen-bond acceptors (Lipinski definition) is 6. The summed E-state index contributed by atoms with van der Waals surface area (Å²) in [6.45, 7) is 7.70. The highest BCUT2D eigenvalue weighted by atomic mass is 32.2. The Labute approximate surface area is 236 Å². The minimum absolute atomic E-state index is 0.0996. The number of benzene rings is 1. The van der Waals surface area contributed by atoms with E-state index in [9.17, 15) is 18.0 Å². The molecule has 214 valence electrons. The Morgan fingerprint density at radius 3 is 2.48 bits per heavy atom. The second kappa shape index (κ2) is 10.5.